The molecular formula is C23H25N3O3S2. The molecule has 1 atom stereocenters. The Kier molecular flexibility index (Phi) is 7.46. The van der Waals surface area contributed by atoms with Crippen LogP contribution >= 0.6 is 23.1 Å². The maximum atomic E-state index is 13.1. The van der Waals surface area contributed by atoms with E-state index in [0.29, 0.717) is 21.9 Å². The van der Waals surface area contributed by atoms with Crippen LogP contribution in [0.3, 0.4) is 0 Å². The number of Topliss-reactive ketones (excluding diaryl/α,β-unsaturated/α-hetero) is 1. The second-order valence-electron chi connectivity index (χ2n) is 7.48. The maximum absolute atomic E-state index is 13.1. The van der Waals surface area contributed by atoms with Crippen LogP contribution in [0, 0.1) is 5.92 Å². The van der Waals surface area contributed by atoms with Gasteiger partial charge in [-0.1, -0.05) is 62.0 Å². The van der Waals surface area contributed by atoms with Crippen molar-refractivity contribution in [3.05, 3.63) is 59.4 Å². The van der Waals surface area contributed by atoms with Crippen LogP contribution in [0.25, 0.3) is 20.7 Å². The lowest BCUT2D eigenvalue weighted by Gasteiger charge is -2.19. The number of benzene rings is 1. The van der Waals surface area contributed by atoms with Crippen LogP contribution in [0.4, 0.5) is 0 Å². The number of ketones is 1. The molecule has 162 valence electrons. The van der Waals surface area contributed by atoms with E-state index in [-0.39, 0.29) is 28.9 Å². The quantitative estimate of drug-likeness (QED) is 0.298. The topological polar surface area (TPSA) is 81.1 Å². The summed E-state index contributed by atoms with van der Waals surface area (Å²) in [5.74, 6) is -0.289. The fourth-order valence-corrected chi connectivity index (χ4v) is 5.12. The number of rotatable bonds is 9. The lowest BCUT2D eigenvalue weighted by atomic mass is 10.0. The van der Waals surface area contributed by atoms with Crippen LogP contribution in [0.1, 0.15) is 20.8 Å². The number of hydrogen-bond donors (Lipinski definition) is 1. The molecule has 0 radical (unpaired) electrons. The van der Waals surface area contributed by atoms with Gasteiger partial charge in [-0.2, -0.15) is 0 Å². The molecule has 0 bridgehead atoms. The van der Waals surface area contributed by atoms with Gasteiger partial charge in [-0.05, 0) is 24.5 Å². The Hall–Kier alpha value is -2.71. The summed E-state index contributed by atoms with van der Waals surface area (Å²) in [7, 11) is 0. The molecule has 1 aromatic carbocycles. The number of nitrogens with one attached hydrogen (secondary N) is 1. The van der Waals surface area contributed by atoms with Crippen LogP contribution in [-0.2, 0) is 16.1 Å². The summed E-state index contributed by atoms with van der Waals surface area (Å²) in [4.78, 5) is 43.6. The van der Waals surface area contributed by atoms with E-state index in [2.05, 4.69) is 16.9 Å². The molecular weight excluding hydrogens is 430 g/mol. The minimum Gasteiger partial charge on any atom is -0.345 e. The highest BCUT2D eigenvalue weighted by Gasteiger charge is 2.21. The predicted molar refractivity (Wildman–Crippen MR) is 128 cm³/mol. The van der Waals surface area contributed by atoms with Gasteiger partial charge in [0.1, 0.15) is 4.83 Å². The van der Waals surface area contributed by atoms with E-state index in [4.69, 9.17) is 0 Å². The molecule has 1 N–H and O–H groups in total. The first-order valence-corrected chi connectivity index (χ1v) is 11.7. The molecule has 2 aromatic heterocycles. The number of aromatic nitrogens is 2. The average molecular weight is 456 g/mol. The van der Waals surface area contributed by atoms with E-state index >= 15 is 0 Å². The molecule has 1 amide bonds. The van der Waals surface area contributed by atoms with Crippen molar-refractivity contribution in [3.63, 3.8) is 0 Å². The number of thiophene rings is 1. The Labute approximate surface area is 189 Å². The van der Waals surface area contributed by atoms with E-state index in [9.17, 15) is 14.4 Å². The zero-order valence-corrected chi connectivity index (χ0v) is 19.4. The van der Waals surface area contributed by atoms with E-state index in [1.807, 2.05) is 50.2 Å². The summed E-state index contributed by atoms with van der Waals surface area (Å²) in [6, 6.07) is 11.2. The van der Waals surface area contributed by atoms with Crippen LogP contribution in [-0.4, -0.2) is 33.0 Å². The minimum atomic E-state index is -0.523. The van der Waals surface area contributed by atoms with Gasteiger partial charge in [-0.15, -0.1) is 17.9 Å². The van der Waals surface area contributed by atoms with E-state index in [1.54, 1.807) is 6.08 Å². The molecule has 2 heterocycles. The molecule has 1 unspecified atom stereocenters. The van der Waals surface area contributed by atoms with Gasteiger partial charge in [0, 0.05) is 11.4 Å². The minimum absolute atomic E-state index is 0.00222. The van der Waals surface area contributed by atoms with Crippen molar-refractivity contribution in [1.82, 2.24) is 14.9 Å². The highest BCUT2D eigenvalue weighted by molar-refractivity contribution is 7.99. The van der Waals surface area contributed by atoms with Gasteiger partial charge >= 0.3 is 0 Å². The van der Waals surface area contributed by atoms with E-state index in [1.165, 1.54) is 34.6 Å². The smallest absolute Gasteiger partial charge is 0.263 e. The fraction of sp³-hybridized carbons (Fsp3) is 0.304. The Bertz CT molecular complexity index is 1170. The van der Waals surface area contributed by atoms with Crippen molar-refractivity contribution >= 4 is 45.0 Å². The van der Waals surface area contributed by atoms with Crippen LogP contribution < -0.4 is 10.9 Å². The molecule has 0 aliphatic carbocycles. The first kappa shape index (κ1) is 23.0. The van der Waals surface area contributed by atoms with Gasteiger partial charge in [-0.3, -0.25) is 19.0 Å². The molecule has 8 heteroatoms. The summed E-state index contributed by atoms with van der Waals surface area (Å²) in [5, 5.41) is 3.78. The number of nitrogens with zero attached hydrogens (tertiary/aromatic N) is 2. The second kappa shape index (κ2) is 10.1. The zero-order valence-electron chi connectivity index (χ0n) is 17.8. The highest BCUT2D eigenvalue weighted by atomic mass is 32.2. The van der Waals surface area contributed by atoms with Crippen LogP contribution in [0.2, 0.25) is 0 Å². The maximum Gasteiger partial charge on any atom is 0.263 e. The lowest BCUT2D eigenvalue weighted by Crippen LogP contribution is -2.44. The molecule has 3 rings (SSSR count). The van der Waals surface area contributed by atoms with Gasteiger partial charge in [0.25, 0.3) is 5.56 Å². The highest BCUT2D eigenvalue weighted by Crippen LogP contribution is 2.32. The molecule has 31 heavy (non-hydrogen) atoms. The summed E-state index contributed by atoms with van der Waals surface area (Å²) in [6.45, 7) is 9.27. The van der Waals surface area contributed by atoms with Gasteiger partial charge in [0.05, 0.1) is 17.2 Å². The van der Waals surface area contributed by atoms with Crippen molar-refractivity contribution in [2.24, 2.45) is 5.92 Å². The molecule has 6 nitrogen and oxygen atoms in total. The number of hydrogen-bond acceptors (Lipinski definition) is 6. The van der Waals surface area contributed by atoms with Crippen LogP contribution in [0.5, 0.6) is 0 Å². The summed E-state index contributed by atoms with van der Waals surface area (Å²) >= 11 is 2.63. The Morgan fingerprint density at radius 1 is 1.29 bits per heavy atom. The normalized spacial score (nSPS) is 12.1. The Morgan fingerprint density at radius 3 is 2.61 bits per heavy atom. The SMILES string of the molecule is C=CCn1c(SCC(=O)NC(C(C)=O)C(C)C)nc2sc(-c3ccccc3)cc2c1=O. The number of amides is 1. The van der Waals surface area contributed by atoms with Gasteiger partial charge < -0.3 is 5.32 Å². The second-order valence-corrected chi connectivity index (χ2v) is 9.46. The number of carbonyl (C=O) groups excluding carboxylic acids is 2. The number of thioether (sulfide) groups is 1. The molecule has 0 aliphatic heterocycles. The van der Waals surface area contributed by atoms with Crippen molar-refractivity contribution in [1.29, 1.82) is 0 Å². The molecule has 0 aliphatic rings. The standard InChI is InChI=1S/C23H25N3O3S2/c1-5-11-26-22(29)17-12-18(16-9-7-6-8-10-16)31-21(17)25-23(26)30-13-19(28)24-20(14(2)3)15(4)27/h5-10,12,14,20H,1,11,13H2,2-4H3,(H,24,28). The molecule has 0 saturated carbocycles. The van der Waals surface area contributed by atoms with E-state index in [0.717, 1.165) is 10.4 Å². The molecule has 3 aromatic rings. The average Bonchev–Trinajstić information content (AvgIpc) is 3.17. The van der Waals surface area contributed by atoms with Crippen molar-refractivity contribution in [3.8, 4) is 10.4 Å². The number of allylic oxidation sites excluding steroid dienone is 1. The summed E-state index contributed by atoms with van der Waals surface area (Å²) < 4.78 is 1.53. The Balaban J connectivity index is 1.89. The zero-order chi connectivity index (χ0) is 22.5. The molecule has 0 spiro atoms. The predicted octanol–water partition coefficient (Wildman–Crippen LogP) is 4.13. The van der Waals surface area contributed by atoms with Gasteiger partial charge in [0.15, 0.2) is 10.9 Å². The monoisotopic (exact) mass is 455 g/mol. The third kappa shape index (κ3) is 5.32. The third-order valence-electron chi connectivity index (χ3n) is 4.74. The van der Waals surface area contributed by atoms with Crippen molar-refractivity contribution in [2.45, 2.75) is 38.5 Å². The summed E-state index contributed by atoms with van der Waals surface area (Å²) in [5.41, 5.74) is 0.868. The first-order chi connectivity index (χ1) is 14.8. The molecule has 0 saturated heterocycles. The number of fused-ring (bicyclic) bond motifs is 1. The Morgan fingerprint density at radius 2 is 2.00 bits per heavy atom. The van der Waals surface area contributed by atoms with E-state index < -0.39 is 6.04 Å². The number of carbonyl (C=O) groups is 2. The molecule has 0 fully saturated rings. The summed E-state index contributed by atoms with van der Waals surface area (Å²) in [6.07, 6.45) is 1.63. The van der Waals surface area contributed by atoms with Crippen molar-refractivity contribution < 1.29 is 9.59 Å². The largest absolute Gasteiger partial charge is 0.345 e. The fourth-order valence-electron chi connectivity index (χ4n) is 3.23. The van der Waals surface area contributed by atoms with Gasteiger partial charge in [-0.25, -0.2) is 4.98 Å². The third-order valence-corrected chi connectivity index (χ3v) is 6.79. The first-order valence-electron chi connectivity index (χ1n) is 9.95. The van der Waals surface area contributed by atoms with Gasteiger partial charge in [0.2, 0.25) is 5.91 Å². The van der Waals surface area contributed by atoms with Crippen molar-refractivity contribution in [2.75, 3.05) is 5.75 Å². The van der Waals surface area contributed by atoms with Crippen LogP contribution in [0.15, 0.2) is 59.0 Å². The lowest BCUT2D eigenvalue weighted by molar-refractivity contribution is -0.126.